The lowest BCUT2D eigenvalue weighted by Gasteiger charge is -2.25. The molecular weight excluding hydrogens is 404 g/mol. The van der Waals surface area contributed by atoms with E-state index in [0.29, 0.717) is 33.8 Å². The molecule has 1 aliphatic rings. The molecule has 0 fully saturated rings. The molecule has 0 N–H and O–H groups in total. The van der Waals surface area contributed by atoms with E-state index in [2.05, 4.69) is 4.90 Å². The summed E-state index contributed by atoms with van der Waals surface area (Å²) in [7, 11) is 5.52. The van der Waals surface area contributed by atoms with E-state index in [1.165, 1.54) is 0 Å². The predicted octanol–water partition coefficient (Wildman–Crippen LogP) is 3.95. The second-order valence-electron chi connectivity index (χ2n) is 7.65. The van der Waals surface area contributed by atoms with Crippen molar-refractivity contribution in [3.05, 3.63) is 74.6 Å². The van der Waals surface area contributed by atoms with E-state index in [9.17, 15) is 9.59 Å². The third kappa shape index (κ3) is 3.57. The highest BCUT2D eigenvalue weighted by molar-refractivity contribution is 6.30. The minimum absolute atomic E-state index is 0.102. The van der Waals surface area contributed by atoms with Gasteiger partial charge in [-0.15, -0.1) is 0 Å². The van der Waals surface area contributed by atoms with E-state index in [1.54, 1.807) is 42.3 Å². The van der Waals surface area contributed by atoms with Gasteiger partial charge in [0.15, 0.2) is 5.43 Å². The molecule has 0 saturated heterocycles. The van der Waals surface area contributed by atoms with Crippen LogP contribution in [0.1, 0.15) is 34.1 Å². The normalized spacial score (nSPS) is 15.8. The fourth-order valence-electron chi connectivity index (χ4n) is 3.91. The molecule has 0 saturated carbocycles. The summed E-state index contributed by atoms with van der Waals surface area (Å²) < 4.78 is 11.2. The van der Waals surface area contributed by atoms with Gasteiger partial charge in [0.2, 0.25) is 5.76 Å². The van der Waals surface area contributed by atoms with E-state index in [1.807, 2.05) is 26.2 Å². The van der Waals surface area contributed by atoms with Gasteiger partial charge in [-0.2, -0.15) is 0 Å². The van der Waals surface area contributed by atoms with Gasteiger partial charge in [-0.05, 0) is 56.9 Å². The monoisotopic (exact) mass is 426 g/mol. The highest BCUT2D eigenvalue weighted by Crippen LogP contribution is 2.38. The third-order valence-corrected chi connectivity index (χ3v) is 5.62. The van der Waals surface area contributed by atoms with Gasteiger partial charge in [-0.25, -0.2) is 0 Å². The van der Waals surface area contributed by atoms with Crippen LogP contribution in [0.3, 0.4) is 0 Å². The van der Waals surface area contributed by atoms with Crippen LogP contribution in [0, 0.1) is 0 Å². The van der Waals surface area contributed by atoms with Crippen LogP contribution in [-0.4, -0.2) is 50.0 Å². The molecular formula is C23H23ClN2O4. The van der Waals surface area contributed by atoms with Gasteiger partial charge in [0.25, 0.3) is 5.91 Å². The van der Waals surface area contributed by atoms with E-state index in [4.69, 9.17) is 20.8 Å². The number of amides is 1. The lowest BCUT2D eigenvalue weighted by molar-refractivity contribution is 0.0722. The molecule has 156 valence electrons. The van der Waals surface area contributed by atoms with Crippen molar-refractivity contribution in [2.75, 3.05) is 34.3 Å². The molecule has 6 nitrogen and oxygen atoms in total. The molecule has 0 spiro atoms. The SMILES string of the molecule is COc1ccc2c(=O)c3c(oc2c1)C(=O)N(CCCN(C)C)C3c1ccc(Cl)cc1. The zero-order chi connectivity index (χ0) is 21.4. The molecule has 2 heterocycles. The Bertz CT molecular complexity index is 1150. The molecule has 30 heavy (non-hydrogen) atoms. The second-order valence-corrected chi connectivity index (χ2v) is 8.08. The van der Waals surface area contributed by atoms with Gasteiger partial charge in [-0.1, -0.05) is 23.7 Å². The van der Waals surface area contributed by atoms with Crippen molar-refractivity contribution in [1.29, 1.82) is 0 Å². The molecule has 3 aromatic rings. The Hall–Kier alpha value is -2.83. The Labute approximate surface area is 179 Å². The summed E-state index contributed by atoms with van der Waals surface area (Å²) in [6, 6.07) is 11.8. The number of carbonyl (C=O) groups is 1. The van der Waals surface area contributed by atoms with Gasteiger partial charge in [0.05, 0.1) is 24.1 Å². The zero-order valence-corrected chi connectivity index (χ0v) is 17.9. The molecule has 0 bridgehead atoms. The van der Waals surface area contributed by atoms with Crippen molar-refractivity contribution in [2.45, 2.75) is 12.5 Å². The maximum absolute atomic E-state index is 13.4. The molecule has 1 aromatic heterocycles. The van der Waals surface area contributed by atoms with Crippen LogP contribution in [0.5, 0.6) is 5.75 Å². The topological polar surface area (TPSA) is 63.0 Å². The van der Waals surface area contributed by atoms with Crippen molar-refractivity contribution in [3.63, 3.8) is 0 Å². The Balaban J connectivity index is 1.87. The molecule has 4 rings (SSSR count). The lowest BCUT2D eigenvalue weighted by Crippen LogP contribution is -2.32. The summed E-state index contributed by atoms with van der Waals surface area (Å²) in [5.74, 6) is 0.393. The molecule has 1 amide bonds. The third-order valence-electron chi connectivity index (χ3n) is 5.36. The largest absolute Gasteiger partial charge is 0.497 e. The van der Waals surface area contributed by atoms with Crippen molar-refractivity contribution in [2.24, 2.45) is 0 Å². The summed E-state index contributed by atoms with van der Waals surface area (Å²) in [5.41, 5.74) is 1.36. The average Bonchev–Trinajstić information content (AvgIpc) is 3.00. The number of nitrogens with zero attached hydrogens (tertiary/aromatic N) is 2. The number of hydrogen-bond donors (Lipinski definition) is 0. The first-order chi connectivity index (χ1) is 14.4. The van der Waals surface area contributed by atoms with Gasteiger partial charge in [0.1, 0.15) is 11.3 Å². The minimum atomic E-state index is -0.505. The lowest BCUT2D eigenvalue weighted by atomic mass is 9.98. The summed E-state index contributed by atoms with van der Waals surface area (Å²) >= 11 is 6.06. The van der Waals surface area contributed by atoms with Gasteiger partial charge in [-0.3, -0.25) is 9.59 Å². The zero-order valence-electron chi connectivity index (χ0n) is 17.1. The molecule has 2 aromatic carbocycles. The Morgan fingerprint density at radius 3 is 2.53 bits per heavy atom. The van der Waals surface area contributed by atoms with Crippen LogP contribution in [0.25, 0.3) is 11.0 Å². The van der Waals surface area contributed by atoms with E-state index < -0.39 is 6.04 Å². The van der Waals surface area contributed by atoms with Crippen LogP contribution < -0.4 is 10.2 Å². The fourth-order valence-corrected chi connectivity index (χ4v) is 4.03. The molecule has 1 aliphatic heterocycles. The number of methoxy groups -OCH3 is 1. The van der Waals surface area contributed by atoms with E-state index in [0.717, 1.165) is 18.5 Å². The Morgan fingerprint density at radius 2 is 1.87 bits per heavy atom. The molecule has 0 radical (unpaired) electrons. The van der Waals surface area contributed by atoms with Crippen molar-refractivity contribution >= 4 is 28.5 Å². The van der Waals surface area contributed by atoms with E-state index in [-0.39, 0.29) is 17.1 Å². The Morgan fingerprint density at radius 1 is 1.13 bits per heavy atom. The van der Waals surface area contributed by atoms with Crippen molar-refractivity contribution in [1.82, 2.24) is 9.80 Å². The standard InChI is InChI=1S/C23H23ClN2O4/c1-25(2)11-4-12-26-20(14-5-7-15(24)8-6-14)19-21(27)17-10-9-16(29-3)13-18(17)30-22(19)23(26)28/h5-10,13,20H,4,11-12H2,1-3H3. The first-order valence-corrected chi connectivity index (χ1v) is 10.1. The first-order valence-electron chi connectivity index (χ1n) is 9.76. The number of carbonyl (C=O) groups excluding carboxylic acids is 1. The summed E-state index contributed by atoms with van der Waals surface area (Å²) in [6.07, 6.45) is 0.776. The minimum Gasteiger partial charge on any atom is -0.497 e. The highest BCUT2D eigenvalue weighted by Gasteiger charge is 2.42. The maximum atomic E-state index is 13.4. The van der Waals surface area contributed by atoms with Gasteiger partial charge < -0.3 is 19.0 Å². The number of fused-ring (bicyclic) bond motifs is 2. The van der Waals surface area contributed by atoms with Crippen molar-refractivity contribution < 1.29 is 13.9 Å². The number of benzene rings is 2. The van der Waals surface area contributed by atoms with Crippen LogP contribution in [0.15, 0.2) is 51.7 Å². The quantitative estimate of drug-likeness (QED) is 0.597. The molecule has 7 heteroatoms. The van der Waals surface area contributed by atoms with Gasteiger partial charge >= 0.3 is 0 Å². The maximum Gasteiger partial charge on any atom is 0.290 e. The van der Waals surface area contributed by atoms with Crippen molar-refractivity contribution in [3.8, 4) is 5.75 Å². The van der Waals surface area contributed by atoms with Gasteiger partial charge in [0, 0.05) is 17.6 Å². The average molecular weight is 427 g/mol. The Kier molecular flexibility index (Phi) is 5.54. The number of rotatable bonds is 6. The first kappa shape index (κ1) is 20.4. The summed E-state index contributed by atoms with van der Waals surface area (Å²) in [6.45, 7) is 1.33. The molecule has 1 atom stereocenters. The van der Waals surface area contributed by atoms with Crippen LogP contribution in [-0.2, 0) is 0 Å². The molecule has 0 aliphatic carbocycles. The van der Waals surface area contributed by atoms with Crippen LogP contribution in [0.4, 0.5) is 0 Å². The smallest absolute Gasteiger partial charge is 0.290 e. The number of halogens is 1. The highest BCUT2D eigenvalue weighted by atomic mass is 35.5. The summed E-state index contributed by atoms with van der Waals surface area (Å²) in [4.78, 5) is 30.5. The fraction of sp³-hybridized carbons (Fsp3) is 0.304. The number of hydrogen-bond acceptors (Lipinski definition) is 5. The second kappa shape index (κ2) is 8.13. The van der Waals surface area contributed by atoms with Crippen LogP contribution in [0.2, 0.25) is 5.02 Å². The van der Waals surface area contributed by atoms with Crippen LogP contribution >= 0.6 is 11.6 Å². The summed E-state index contributed by atoms with van der Waals surface area (Å²) in [5, 5.41) is 1.02. The van der Waals surface area contributed by atoms with E-state index >= 15 is 0 Å². The molecule has 1 unspecified atom stereocenters. The number of ether oxygens (including phenoxy) is 1. The predicted molar refractivity (Wildman–Crippen MR) is 117 cm³/mol.